The van der Waals surface area contributed by atoms with Crippen molar-refractivity contribution in [3.63, 3.8) is 0 Å². The second-order valence-corrected chi connectivity index (χ2v) is 23.4. The number of nitrogens with zero attached hydrogens (tertiary/aromatic N) is 4. The second kappa shape index (κ2) is 36.5. The Hall–Kier alpha value is -8.18. The van der Waals surface area contributed by atoms with Crippen LogP contribution in [0.2, 0.25) is 10.0 Å². The quantitative estimate of drug-likeness (QED) is 0.0535. The van der Waals surface area contributed by atoms with Crippen LogP contribution in [0.4, 0.5) is 35.9 Å². The number of alkyl carbamates (subject to hydrolysis) is 2. The van der Waals surface area contributed by atoms with Gasteiger partial charge in [0.15, 0.2) is 6.04 Å². The molecule has 7 aromatic carbocycles. The highest BCUT2D eigenvalue weighted by Crippen LogP contribution is 2.33. The molecule has 502 valence electrons. The summed E-state index contributed by atoms with van der Waals surface area (Å²) >= 11 is 12.0. The minimum atomic E-state index is -2.90. The molecule has 3 saturated heterocycles. The first kappa shape index (κ1) is 74.9. The zero-order valence-electron chi connectivity index (χ0n) is 51.8. The predicted molar refractivity (Wildman–Crippen MR) is 351 cm³/mol. The van der Waals surface area contributed by atoms with Crippen molar-refractivity contribution in [2.24, 2.45) is 0 Å². The maximum Gasteiger partial charge on any atom is 0.408 e. The molecule has 3 aliphatic heterocycles. The molecule has 24 heteroatoms. The Bertz CT molecular complexity index is 3480. The standard InChI is InChI=1S/C21H22Cl2F2N2O.C20H20F2N2O3.C16H15NO4.C13H18F2N2.ClH/c1-26(20(28)12-15-7-8-17(22)18(23)11-15)19(16-5-3-2-4-6-16)13-27-10-9-21(24,25)14-27;21-20(22)11-12-24(14-20)18(25)17(16-9-5-2-6-10-16)23-19(26)27-13-15-7-3-1-4-8-15;18-15(19)14(13-9-5-2-6-10-13)17-16(20)21-11-12-7-3-1-4-8-12;1-16-12(11-5-3-2-4-6-11)9-17-8-7-13(14,15)10-17;/h2-8,11,19H,9-10,12-14H2,1H3;1-10,17H,11-14H2,(H,23,26);1-10,14H,11H2,(H,17,20)(H,18,19);2-6,12,16H,7-10H2,1H3;1H/t19-;17-;14-;12-;/m1001./s1. The first-order valence-corrected chi connectivity index (χ1v) is 30.8. The minimum Gasteiger partial charge on any atom is -0.479 e. The van der Waals surface area contributed by atoms with E-state index in [1.54, 1.807) is 108 Å². The summed E-state index contributed by atoms with van der Waals surface area (Å²) in [4.78, 5) is 67.1. The summed E-state index contributed by atoms with van der Waals surface area (Å²) in [5.74, 6) is -9.89. The molecular formula is C70H76Cl3F6N7O8. The van der Waals surface area contributed by atoms with Crippen LogP contribution in [0.25, 0.3) is 0 Å². The second-order valence-electron chi connectivity index (χ2n) is 22.6. The molecule has 3 heterocycles. The van der Waals surface area contributed by atoms with Crippen LogP contribution in [0.15, 0.2) is 200 Å². The number of likely N-dealkylation sites (tertiary alicyclic amines) is 3. The van der Waals surface area contributed by atoms with Gasteiger partial charge in [-0.1, -0.05) is 211 Å². The molecule has 4 atom stereocenters. The number of nitrogens with one attached hydrogen (secondary N) is 3. The summed E-state index contributed by atoms with van der Waals surface area (Å²) in [5.41, 5.74) is 5.45. The summed E-state index contributed by atoms with van der Waals surface area (Å²) in [6.45, 7) is 0.870. The van der Waals surface area contributed by atoms with Gasteiger partial charge < -0.3 is 40.3 Å². The van der Waals surface area contributed by atoms with Crippen LogP contribution in [0, 0.1) is 0 Å². The predicted octanol–water partition coefficient (Wildman–Crippen LogP) is 14.0. The van der Waals surface area contributed by atoms with Crippen LogP contribution in [0.1, 0.15) is 82.4 Å². The fourth-order valence-corrected chi connectivity index (χ4v) is 10.8. The summed E-state index contributed by atoms with van der Waals surface area (Å²) in [6.07, 6.45) is -1.93. The highest BCUT2D eigenvalue weighted by Gasteiger charge is 2.43. The molecule has 0 unspecified atom stereocenters. The van der Waals surface area contributed by atoms with Crippen molar-refractivity contribution in [1.82, 2.24) is 35.6 Å². The molecule has 4 N–H and O–H groups in total. The fourth-order valence-electron chi connectivity index (χ4n) is 10.5. The average molecular weight is 1360 g/mol. The largest absolute Gasteiger partial charge is 0.479 e. The summed E-state index contributed by atoms with van der Waals surface area (Å²) in [5, 5.41) is 18.1. The van der Waals surface area contributed by atoms with E-state index in [2.05, 4.69) is 16.0 Å². The van der Waals surface area contributed by atoms with Gasteiger partial charge in [-0.2, -0.15) is 0 Å². The zero-order valence-corrected chi connectivity index (χ0v) is 54.1. The number of carboxylic acid groups (broad SMARTS) is 1. The number of likely N-dealkylation sites (N-methyl/N-ethyl adjacent to an activating group) is 2. The molecule has 94 heavy (non-hydrogen) atoms. The van der Waals surface area contributed by atoms with E-state index in [9.17, 15) is 55.4 Å². The summed E-state index contributed by atoms with van der Waals surface area (Å²) in [6, 6.07) is 57.4. The van der Waals surface area contributed by atoms with Gasteiger partial charge in [0, 0.05) is 65.1 Å². The van der Waals surface area contributed by atoms with E-state index in [0.717, 1.165) is 32.7 Å². The maximum atomic E-state index is 13.6. The Morgan fingerprint density at radius 2 is 0.926 bits per heavy atom. The number of carboxylic acids is 1. The zero-order chi connectivity index (χ0) is 67.0. The number of ether oxygens (including phenoxy) is 2. The van der Waals surface area contributed by atoms with Gasteiger partial charge >= 0.3 is 18.2 Å². The highest BCUT2D eigenvalue weighted by molar-refractivity contribution is 6.42. The Morgan fingerprint density at radius 1 is 0.521 bits per heavy atom. The molecule has 0 aromatic heterocycles. The SMILES string of the molecule is CN(C(=O)Cc1ccc(Cl)c(Cl)c1)[C@H](CN1CCC(F)(F)C1)c1ccccc1.CN[C@H](CN1CCC(F)(F)C1)c1ccccc1.Cl.O=C(N[C@H](C(=O)N1CCC(F)(F)C1)c1ccccc1)OCc1ccccc1.O=C(N[C@H](C(=O)O)c1ccccc1)OCc1ccccc1. The van der Waals surface area contributed by atoms with Crippen molar-refractivity contribution in [1.29, 1.82) is 0 Å². The van der Waals surface area contributed by atoms with Gasteiger partial charge in [0.25, 0.3) is 17.8 Å². The van der Waals surface area contributed by atoms with Crippen LogP contribution in [0.5, 0.6) is 0 Å². The molecule has 15 nitrogen and oxygen atoms in total. The van der Waals surface area contributed by atoms with E-state index in [-0.39, 0.29) is 88.9 Å². The molecule has 0 saturated carbocycles. The Morgan fingerprint density at radius 3 is 1.34 bits per heavy atom. The number of hydrogen-bond acceptors (Lipinski definition) is 10. The molecule has 7 aromatic rings. The molecule has 0 spiro atoms. The number of amides is 4. The van der Waals surface area contributed by atoms with Gasteiger partial charge in [0.1, 0.15) is 19.3 Å². The number of carbonyl (C=O) groups excluding carboxylic acids is 4. The van der Waals surface area contributed by atoms with Crippen molar-refractivity contribution in [3.8, 4) is 0 Å². The third-order valence-corrected chi connectivity index (χ3v) is 16.2. The van der Waals surface area contributed by atoms with Gasteiger partial charge in [0.05, 0.1) is 42.1 Å². The smallest absolute Gasteiger partial charge is 0.408 e. The van der Waals surface area contributed by atoms with Gasteiger partial charge in [-0.15, -0.1) is 12.4 Å². The normalized spacial score (nSPS) is 16.4. The fraction of sp³-hybridized carbons (Fsp3) is 0.329. The molecule has 0 radical (unpaired) electrons. The van der Waals surface area contributed by atoms with Crippen LogP contribution < -0.4 is 16.0 Å². The van der Waals surface area contributed by atoms with Gasteiger partial charge in [-0.25, -0.2) is 40.7 Å². The van der Waals surface area contributed by atoms with Crippen LogP contribution >= 0.6 is 35.6 Å². The number of carbonyl (C=O) groups is 5. The molecule has 10 rings (SSSR count). The van der Waals surface area contributed by atoms with E-state index in [4.69, 9.17) is 32.7 Å². The van der Waals surface area contributed by atoms with E-state index >= 15 is 0 Å². The summed E-state index contributed by atoms with van der Waals surface area (Å²) < 4.78 is 90.6. The van der Waals surface area contributed by atoms with Crippen molar-refractivity contribution in [2.75, 3.05) is 66.5 Å². The Kier molecular flexibility index (Phi) is 29.0. The number of alkyl halides is 6. The third-order valence-electron chi connectivity index (χ3n) is 15.5. The lowest BCUT2D eigenvalue weighted by Gasteiger charge is -2.32. The van der Waals surface area contributed by atoms with Crippen molar-refractivity contribution < 1.29 is 64.9 Å². The van der Waals surface area contributed by atoms with Crippen LogP contribution in [-0.2, 0) is 43.5 Å². The lowest BCUT2D eigenvalue weighted by Crippen LogP contribution is -2.43. The third kappa shape index (κ3) is 24.3. The molecule has 0 aliphatic carbocycles. The van der Waals surface area contributed by atoms with Crippen LogP contribution in [-0.4, -0.2) is 139 Å². The number of rotatable bonds is 20. The maximum absolute atomic E-state index is 13.6. The number of benzene rings is 7. The first-order valence-electron chi connectivity index (χ1n) is 30.1. The van der Waals surface area contributed by atoms with Gasteiger partial charge in [-0.05, 0) is 58.1 Å². The van der Waals surface area contributed by atoms with Crippen molar-refractivity contribution in [3.05, 3.63) is 249 Å². The Balaban J connectivity index is 0.000000201. The number of hydrogen-bond donors (Lipinski definition) is 4. The molecule has 0 bridgehead atoms. The Labute approximate surface area is 559 Å². The minimum absolute atomic E-state index is 0. The monoisotopic (exact) mass is 1360 g/mol. The molecular weight excluding hydrogens is 1290 g/mol. The van der Waals surface area contributed by atoms with Gasteiger partial charge in [-0.3, -0.25) is 19.4 Å². The molecule has 3 aliphatic rings. The summed E-state index contributed by atoms with van der Waals surface area (Å²) in [7, 11) is 3.58. The van der Waals surface area contributed by atoms with E-state index in [1.807, 2.05) is 121 Å². The van der Waals surface area contributed by atoms with Crippen molar-refractivity contribution >= 4 is 65.6 Å². The average Bonchev–Trinajstić information content (AvgIpc) is 1.56. The van der Waals surface area contributed by atoms with E-state index in [0.29, 0.717) is 47.4 Å². The van der Waals surface area contributed by atoms with Crippen molar-refractivity contribution in [2.45, 2.75) is 80.8 Å². The first-order chi connectivity index (χ1) is 44.5. The van der Waals surface area contributed by atoms with E-state index in [1.165, 1.54) is 0 Å². The number of halogens is 9. The topological polar surface area (TPSA) is 173 Å². The lowest BCUT2D eigenvalue weighted by molar-refractivity contribution is -0.139. The highest BCUT2D eigenvalue weighted by atomic mass is 35.5. The van der Waals surface area contributed by atoms with Gasteiger partial charge in [0.2, 0.25) is 11.8 Å². The van der Waals surface area contributed by atoms with Crippen LogP contribution in [0.3, 0.4) is 0 Å². The van der Waals surface area contributed by atoms with E-state index < -0.39 is 60.5 Å². The molecule has 3 fully saturated rings. The molecule has 4 amide bonds. The number of aliphatic carboxylic acids is 1. The lowest BCUT2D eigenvalue weighted by atomic mass is 10.0.